The zero-order chi connectivity index (χ0) is 19.2. The molecule has 0 aliphatic rings. The van der Waals surface area contributed by atoms with Crippen molar-refractivity contribution in [1.82, 2.24) is 0 Å². The third-order valence-corrected chi connectivity index (χ3v) is 5.41. The van der Waals surface area contributed by atoms with Gasteiger partial charge in [0.05, 0.1) is 4.90 Å². The number of sulfone groups is 1. The first kappa shape index (κ1) is 20.0. The summed E-state index contributed by atoms with van der Waals surface area (Å²) in [6, 6.07) is 13.1. The largest absolute Gasteiger partial charge is 0.370 e. The number of benzene rings is 2. The summed E-state index contributed by atoms with van der Waals surface area (Å²) in [5.74, 6) is 0.397. The van der Waals surface area contributed by atoms with Gasteiger partial charge in [0.2, 0.25) is 0 Å². The second-order valence-corrected chi connectivity index (χ2v) is 8.23. The standard InChI is InChI=1S/C20H27N3O2S/c1-4-16-7-6-8-17(5-2)19(16)23-20(21)22-14-13-15-9-11-18(12-10-15)26(3,24)25/h6-12H,4-5,13-14H2,1-3H3,(H3,21,22,23). The summed E-state index contributed by atoms with van der Waals surface area (Å²) >= 11 is 0. The van der Waals surface area contributed by atoms with Gasteiger partial charge in [-0.05, 0) is 48.1 Å². The highest BCUT2D eigenvalue weighted by atomic mass is 32.2. The number of nitrogens with zero attached hydrogens (tertiary/aromatic N) is 1. The van der Waals surface area contributed by atoms with Crippen LogP contribution in [-0.4, -0.2) is 27.2 Å². The van der Waals surface area contributed by atoms with Crippen LogP contribution in [0.5, 0.6) is 0 Å². The number of para-hydroxylation sites is 1. The molecule has 0 bridgehead atoms. The maximum Gasteiger partial charge on any atom is 0.193 e. The minimum Gasteiger partial charge on any atom is -0.370 e. The lowest BCUT2D eigenvalue weighted by molar-refractivity contribution is 0.602. The Hall–Kier alpha value is -2.34. The van der Waals surface area contributed by atoms with Crippen LogP contribution < -0.4 is 11.1 Å². The number of nitrogens with two attached hydrogens (primary N) is 1. The predicted molar refractivity (Wildman–Crippen MR) is 109 cm³/mol. The van der Waals surface area contributed by atoms with E-state index in [4.69, 9.17) is 5.73 Å². The SMILES string of the molecule is CCc1cccc(CC)c1NC(N)=NCCc1ccc(S(C)(=O)=O)cc1. The molecule has 6 heteroatoms. The van der Waals surface area contributed by atoms with Crippen molar-refractivity contribution in [1.29, 1.82) is 0 Å². The first-order valence-electron chi connectivity index (χ1n) is 8.81. The molecule has 0 aliphatic heterocycles. The molecule has 26 heavy (non-hydrogen) atoms. The Kier molecular flexibility index (Phi) is 6.80. The Morgan fingerprint density at radius 2 is 1.62 bits per heavy atom. The molecule has 0 fully saturated rings. The van der Waals surface area contributed by atoms with E-state index in [0.29, 0.717) is 23.8 Å². The van der Waals surface area contributed by atoms with Crippen molar-refractivity contribution >= 4 is 21.5 Å². The highest BCUT2D eigenvalue weighted by Crippen LogP contribution is 2.22. The topological polar surface area (TPSA) is 84.5 Å². The van der Waals surface area contributed by atoms with Crippen LogP contribution in [0.3, 0.4) is 0 Å². The zero-order valence-electron chi connectivity index (χ0n) is 15.6. The maximum absolute atomic E-state index is 11.5. The summed E-state index contributed by atoms with van der Waals surface area (Å²) in [5, 5.41) is 3.24. The third kappa shape index (κ3) is 5.33. The van der Waals surface area contributed by atoms with Gasteiger partial charge in [-0.3, -0.25) is 4.99 Å². The minimum absolute atomic E-state index is 0.328. The zero-order valence-corrected chi connectivity index (χ0v) is 16.4. The summed E-state index contributed by atoms with van der Waals surface area (Å²) < 4.78 is 23.0. The molecule has 3 N–H and O–H groups in total. The molecule has 0 amide bonds. The van der Waals surface area contributed by atoms with E-state index in [1.807, 2.05) is 12.1 Å². The fraction of sp³-hybridized carbons (Fsp3) is 0.350. The van der Waals surface area contributed by atoms with Gasteiger partial charge < -0.3 is 11.1 Å². The predicted octanol–water partition coefficient (Wildman–Crippen LogP) is 3.18. The average Bonchev–Trinajstić information content (AvgIpc) is 2.61. The van der Waals surface area contributed by atoms with Crippen LogP contribution in [0.25, 0.3) is 0 Å². The van der Waals surface area contributed by atoms with Crippen molar-refractivity contribution in [2.45, 2.75) is 38.0 Å². The summed E-state index contributed by atoms with van der Waals surface area (Å²) in [6.45, 7) is 4.77. The maximum atomic E-state index is 11.5. The van der Waals surface area contributed by atoms with Crippen LogP contribution in [0, 0.1) is 0 Å². The summed E-state index contributed by atoms with van der Waals surface area (Å²) in [6.07, 6.45) is 3.76. The molecule has 0 saturated heterocycles. The molecule has 0 radical (unpaired) electrons. The number of hydrogen-bond donors (Lipinski definition) is 2. The summed E-state index contributed by atoms with van der Waals surface area (Å²) in [5.41, 5.74) is 10.6. The van der Waals surface area contributed by atoms with Crippen LogP contribution in [0.15, 0.2) is 52.4 Å². The molecule has 0 saturated carbocycles. The molecule has 0 spiro atoms. The van der Waals surface area contributed by atoms with Gasteiger partial charge in [0.15, 0.2) is 15.8 Å². The van der Waals surface area contributed by atoms with Gasteiger partial charge in [-0.25, -0.2) is 8.42 Å². The molecule has 140 valence electrons. The van der Waals surface area contributed by atoms with Gasteiger partial charge in [-0.1, -0.05) is 44.2 Å². The van der Waals surface area contributed by atoms with E-state index in [2.05, 4.69) is 42.4 Å². The van der Waals surface area contributed by atoms with Gasteiger partial charge in [-0.2, -0.15) is 0 Å². The van der Waals surface area contributed by atoms with E-state index in [-0.39, 0.29) is 0 Å². The van der Waals surface area contributed by atoms with E-state index in [1.54, 1.807) is 12.1 Å². The molecule has 2 aromatic rings. The van der Waals surface area contributed by atoms with Gasteiger partial charge in [0.25, 0.3) is 0 Å². The monoisotopic (exact) mass is 373 g/mol. The number of rotatable bonds is 7. The Balaban J connectivity index is 2.01. The van der Waals surface area contributed by atoms with Gasteiger partial charge in [0, 0.05) is 18.5 Å². The second kappa shape index (κ2) is 8.85. The number of hydrogen-bond acceptors (Lipinski definition) is 3. The van der Waals surface area contributed by atoms with Gasteiger partial charge in [-0.15, -0.1) is 0 Å². The third-order valence-electron chi connectivity index (χ3n) is 4.29. The van der Waals surface area contributed by atoms with Crippen LogP contribution >= 0.6 is 0 Å². The Morgan fingerprint density at radius 1 is 1.04 bits per heavy atom. The molecule has 0 atom stereocenters. The van der Waals surface area contributed by atoms with Crippen molar-refractivity contribution in [2.75, 3.05) is 18.1 Å². The quantitative estimate of drug-likeness (QED) is 0.577. The van der Waals surface area contributed by atoms with Crippen molar-refractivity contribution in [3.8, 4) is 0 Å². The average molecular weight is 374 g/mol. The molecule has 5 nitrogen and oxygen atoms in total. The van der Waals surface area contributed by atoms with E-state index in [9.17, 15) is 8.42 Å². The normalized spacial score (nSPS) is 12.2. The summed E-state index contributed by atoms with van der Waals surface area (Å²) in [4.78, 5) is 4.73. The highest BCUT2D eigenvalue weighted by Gasteiger charge is 2.08. The number of aliphatic imine (C=N–C) groups is 1. The molecular formula is C20H27N3O2S. The smallest absolute Gasteiger partial charge is 0.193 e. The van der Waals surface area contributed by atoms with Crippen molar-refractivity contribution in [3.05, 3.63) is 59.2 Å². The second-order valence-electron chi connectivity index (χ2n) is 6.22. The lowest BCUT2D eigenvalue weighted by atomic mass is 10.0. The van der Waals surface area contributed by atoms with Crippen molar-refractivity contribution in [3.63, 3.8) is 0 Å². The van der Waals surface area contributed by atoms with Crippen LogP contribution in [-0.2, 0) is 29.1 Å². The Morgan fingerprint density at radius 3 is 2.12 bits per heavy atom. The lowest BCUT2D eigenvalue weighted by Gasteiger charge is -2.14. The van der Waals surface area contributed by atoms with Crippen LogP contribution in [0.2, 0.25) is 0 Å². The molecule has 0 heterocycles. The fourth-order valence-electron chi connectivity index (χ4n) is 2.78. The molecule has 2 rings (SSSR count). The van der Waals surface area contributed by atoms with Crippen molar-refractivity contribution < 1.29 is 8.42 Å². The van der Waals surface area contributed by atoms with Gasteiger partial charge in [0.1, 0.15) is 0 Å². The number of nitrogens with one attached hydrogen (secondary N) is 1. The molecule has 0 aliphatic carbocycles. The Bertz CT molecular complexity index is 850. The Labute approximate surface area is 156 Å². The van der Waals surface area contributed by atoms with Crippen LogP contribution in [0.1, 0.15) is 30.5 Å². The number of guanidine groups is 1. The lowest BCUT2D eigenvalue weighted by Crippen LogP contribution is -2.24. The van der Waals surface area contributed by atoms with E-state index in [1.165, 1.54) is 17.4 Å². The summed E-state index contributed by atoms with van der Waals surface area (Å²) in [7, 11) is -3.16. The fourth-order valence-corrected chi connectivity index (χ4v) is 3.41. The number of anilines is 1. The first-order chi connectivity index (χ1) is 12.3. The highest BCUT2D eigenvalue weighted by molar-refractivity contribution is 7.90. The van der Waals surface area contributed by atoms with E-state index in [0.717, 1.165) is 24.1 Å². The molecule has 0 unspecified atom stereocenters. The van der Waals surface area contributed by atoms with Crippen molar-refractivity contribution in [2.24, 2.45) is 10.7 Å². The van der Waals surface area contributed by atoms with Crippen LogP contribution in [0.4, 0.5) is 5.69 Å². The molecule has 0 aromatic heterocycles. The molecule has 2 aromatic carbocycles. The first-order valence-corrected chi connectivity index (χ1v) is 10.7. The molecular weight excluding hydrogens is 346 g/mol. The minimum atomic E-state index is -3.16. The van der Waals surface area contributed by atoms with E-state index < -0.39 is 9.84 Å². The number of aryl methyl sites for hydroxylation is 2. The van der Waals surface area contributed by atoms with Gasteiger partial charge >= 0.3 is 0 Å². The van der Waals surface area contributed by atoms with E-state index >= 15 is 0 Å².